The lowest BCUT2D eigenvalue weighted by atomic mass is 10.1. The number of hydrogen-bond donors (Lipinski definition) is 3. The van der Waals surface area contributed by atoms with Gasteiger partial charge in [-0.05, 0) is 54.9 Å². The maximum Gasteiger partial charge on any atom is 0.225 e. The van der Waals surface area contributed by atoms with Crippen LogP contribution in [0, 0.1) is 0 Å². The highest BCUT2D eigenvalue weighted by atomic mass is 35.5. The molecule has 0 aliphatic carbocycles. The van der Waals surface area contributed by atoms with E-state index in [2.05, 4.69) is 16.0 Å². The molecule has 25 heavy (non-hydrogen) atoms. The van der Waals surface area contributed by atoms with E-state index in [4.69, 9.17) is 11.6 Å². The zero-order chi connectivity index (χ0) is 18.1. The molecule has 0 heterocycles. The summed E-state index contributed by atoms with van der Waals surface area (Å²) in [6.45, 7) is 2.87. The smallest absolute Gasteiger partial charge is 0.225 e. The summed E-state index contributed by atoms with van der Waals surface area (Å²) in [4.78, 5) is 22.9. The summed E-state index contributed by atoms with van der Waals surface area (Å²) in [5, 5.41) is 9.50. The number of halogens is 1. The summed E-state index contributed by atoms with van der Waals surface area (Å²) >= 11 is 5.85. The van der Waals surface area contributed by atoms with E-state index >= 15 is 0 Å². The average molecular weight is 360 g/mol. The van der Waals surface area contributed by atoms with Crippen LogP contribution in [-0.4, -0.2) is 24.9 Å². The molecule has 0 aliphatic rings. The first kappa shape index (κ1) is 19.0. The molecule has 0 aromatic heterocycles. The van der Waals surface area contributed by atoms with E-state index in [9.17, 15) is 9.59 Å². The molecule has 0 radical (unpaired) electrons. The summed E-state index contributed by atoms with van der Waals surface area (Å²) in [5.74, 6) is -0.173. The van der Waals surface area contributed by atoms with E-state index in [1.807, 2.05) is 24.3 Å². The van der Waals surface area contributed by atoms with Crippen LogP contribution in [0.2, 0.25) is 5.02 Å². The summed E-state index contributed by atoms with van der Waals surface area (Å²) < 4.78 is 0. The topological polar surface area (TPSA) is 70.2 Å². The lowest BCUT2D eigenvalue weighted by Gasteiger charge is -2.08. The van der Waals surface area contributed by atoms with E-state index < -0.39 is 0 Å². The van der Waals surface area contributed by atoms with E-state index in [0.717, 1.165) is 18.0 Å². The number of benzene rings is 2. The fraction of sp³-hybridized carbons (Fsp3) is 0.263. The van der Waals surface area contributed by atoms with E-state index in [1.54, 1.807) is 24.3 Å². The molecule has 0 saturated heterocycles. The van der Waals surface area contributed by atoms with Gasteiger partial charge in [-0.25, -0.2) is 0 Å². The highest BCUT2D eigenvalue weighted by Gasteiger charge is 2.03. The third kappa shape index (κ3) is 7.37. The van der Waals surface area contributed by atoms with Crippen molar-refractivity contribution in [2.24, 2.45) is 0 Å². The van der Waals surface area contributed by atoms with Crippen LogP contribution in [0.3, 0.4) is 0 Å². The standard InChI is InChI=1S/C19H22ClN3O2/c1-14(24)22-17-6-8-18(9-7-17)23-19(25)11-13-21-12-10-15-2-4-16(20)5-3-15/h2-9,21H,10-13H2,1H3,(H,22,24)(H,23,25). The first-order valence-corrected chi connectivity index (χ1v) is 8.53. The van der Waals surface area contributed by atoms with Crippen molar-refractivity contribution in [3.05, 3.63) is 59.1 Å². The summed E-state index contributed by atoms with van der Waals surface area (Å²) in [7, 11) is 0. The Morgan fingerprint density at radius 3 is 2.08 bits per heavy atom. The van der Waals surface area contributed by atoms with Gasteiger partial charge in [0.25, 0.3) is 0 Å². The Morgan fingerprint density at radius 1 is 0.880 bits per heavy atom. The molecular formula is C19H22ClN3O2. The second kappa shape index (κ2) is 9.81. The van der Waals surface area contributed by atoms with Gasteiger partial charge >= 0.3 is 0 Å². The van der Waals surface area contributed by atoms with Gasteiger partial charge < -0.3 is 16.0 Å². The number of carbonyl (C=O) groups is 2. The van der Waals surface area contributed by atoms with Crippen LogP contribution in [0.1, 0.15) is 18.9 Å². The van der Waals surface area contributed by atoms with Gasteiger partial charge in [0.2, 0.25) is 11.8 Å². The molecule has 0 fully saturated rings. The fourth-order valence-electron chi connectivity index (χ4n) is 2.27. The SMILES string of the molecule is CC(=O)Nc1ccc(NC(=O)CCNCCc2ccc(Cl)cc2)cc1. The molecular weight excluding hydrogens is 338 g/mol. The van der Waals surface area contributed by atoms with Crippen molar-refractivity contribution in [2.45, 2.75) is 19.8 Å². The molecule has 0 spiro atoms. The van der Waals surface area contributed by atoms with E-state index in [-0.39, 0.29) is 11.8 Å². The second-order valence-corrected chi connectivity index (χ2v) is 6.12. The van der Waals surface area contributed by atoms with Crippen LogP contribution in [0.5, 0.6) is 0 Å². The minimum absolute atomic E-state index is 0.0497. The number of anilines is 2. The van der Waals surface area contributed by atoms with E-state index in [0.29, 0.717) is 24.3 Å². The van der Waals surface area contributed by atoms with Crippen molar-refractivity contribution in [1.82, 2.24) is 5.32 Å². The van der Waals surface area contributed by atoms with Gasteiger partial charge in [-0.3, -0.25) is 9.59 Å². The molecule has 0 aliphatic heterocycles. The van der Waals surface area contributed by atoms with Gasteiger partial charge in [-0.15, -0.1) is 0 Å². The summed E-state index contributed by atoms with van der Waals surface area (Å²) in [5.41, 5.74) is 2.62. The molecule has 0 bridgehead atoms. The predicted molar refractivity (Wildman–Crippen MR) is 102 cm³/mol. The van der Waals surface area contributed by atoms with Gasteiger partial charge in [-0.2, -0.15) is 0 Å². The van der Waals surface area contributed by atoms with Crippen LogP contribution in [0.4, 0.5) is 11.4 Å². The summed E-state index contributed by atoms with van der Waals surface area (Å²) in [6.07, 6.45) is 1.29. The first-order valence-electron chi connectivity index (χ1n) is 8.15. The Morgan fingerprint density at radius 2 is 1.48 bits per heavy atom. The van der Waals surface area contributed by atoms with Crippen LogP contribution in [0.15, 0.2) is 48.5 Å². The second-order valence-electron chi connectivity index (χ2n) is 5.68. The predicted octanol–water partition coefficient (Wildman–Crippen LogP) is 3.46. The first-order chi connectivity index (χ1) is 12.0. The molecule has 2 amide bonds. The van der Waals surface area contributed by atoms with Gasteiger partial charge in [0.05, 0.1) is 0 Å². The number of hydrogen-bond acceptors (Lipinski definition) is 3. The van der Waals surface area contributed by atoms with Crippen molar-refractivity contribution in [3.8, 4) is 0 Å². The van der Waals surface area contributed by atoms with Gasteiger partial charge in [0.15, 0.2) is 0 Å². The molecule has 3 N–H and O–H groups in total. The van der Waals surface area contributed by atoms with Crippen LogP contribution < -0.4 is 16.0 Å². The fourth-order valence-corrected chi connectivity index (χ4v) is 2.40. The van der Waals surface area contributed by atoms with Crippen molar-refractivity contribution < 1.29 is 9.59 Å². The third-order valence-corrected chi connectivity index (χ3v) is 3.77. The minimum atomic E-state index is -0.124. The maximum atomic E-state index is 11.9. The zero-order valence-electron chi connectivity index (χ0n) is 14.1. The number of amides is 2. The molecule has 132 valence electrons. The Kier molecular flexibility index (Phi) is 7.44. The third-order valence-electron chi connectivity index (χ3n) is 3.52. The Bertz CT molecular complexity index is 700. The molecule has 2 aromatic rings. The molecule has 0 unspecified atom stereocenters. The van der Waals surface area contributed by atoms with Crippen LogP contribution in [0.25, 0.3) is 0 Å². The van der Waals surface area contributed by atoms with Crippen molar-refractivity contribution in [1.29, 1.82) is 0 Å². The molecule has 0 saturated carbocycles. The molecule has 5 nitrogen and oxygen atoms in total. The zero-order valence-corrected chi connectivity index (χ0v) is 14.9. The monoisotopic (exact) mass is 359 g/mol. The maximum absolute atomic E-state index is 11.9. The molecule has 6 heteroatoms. The quantitative estimate of drug-likeness (QED) is 0.632. The Balaban J connectivity index is 1.63. The van der Waals surface area contributed by atoms with Gasteiger partial charge in [-0.1, -0.05) is 23.7 Å². The van der Waals surface area contributed by atoms with Crippen molar-refractivity contribution in [3.63, 3.8) is 0 Å². The molecule has 0 atom stereocenters. The number of carbonyl (C=O) groups excluding carboxylic acids is 2. The summed E-state index contributed by atoms with van der Waals surface area (Å²) in [6, 6.07) is 14.8. The lowest BCUT2D eigenvalue weighted by Crippen LogP contribution is -2.23. The number of rotatable bonds is 8. The largest absolute Gasteiger partial charge is 0.326 e. The average Bonchev–Trinajstić information content (AvgIpc) is 2.57. The number of nitrogens with one attached hydrogen (secondary N) is 3. The van der Waals surface area contributed by atoms with Gasteiger partial charge in [0, 0.05) is 36.3 Å². The Hall–Kier alpha value is -2.37. The minimum Gasteiger partial charge on any atom is -0.326 e. The molecule has 2 aromatic carbocycles. The highest BCUT2D eigenvalue weighted by molar-refractivity contribution is 6.30. The van der Waals surface area contributed by atoms with E-state index in [1.165, 1.54) is 12.5 Å². The van der Waals surface area contributed by atoms with Gasteiger partial charge in [0.1, 0.15) is 0 Å². The Labute approximate surface area is 152 Å². The molecule has 2 rings (SSSR count). The highest BCUT2D eigenvalue weighted by Crippen LogP contribution is 2.13. The normalized spacial score (nSPS) is 10.3. The van der Waals surface area contributed by atoms with Crippen LogP contribution in [-0.2, 0) is 16.0 Å². The van der Waals surface area contributed by atoms with Crippen LogP contribution >= 0.6 is 11.6 Å². The van der Waals surface area contributed by atoms with Crippen molar-refractivity contribution in [2.75, 3.05) is 23.7 Å². The van der Waals surface area contributed by atoms with Crippen molar-refractivity contribution >= 4 is 34.8 Å². The lowest BCUT2D eigenvalue weighted by molar-refractivity contribution is -0.116.